The van der Waals surface area contributed by atoms with Crippen LogP contribution in [0.3, 0.4) is 0 Å². The summed E-state index contributed by atoms with van der Waals surface area (Å²) in [6, 6.07) is 6.11. The van der Waals surface area contributed by atoms with Gasteiger partial charge in [0.1, 0.15) is 16.3 Å². The van der Waals surface area contributed by atoms with Crippen LogP contribution in [-0.4, -0.2) is 5.78 Å². The van der Waals surface area contributed by atoms with Crippen molar-refractivity contribution in [2.24, 2.45) is 0 Å². The first kappa shape index (κ1) is 14.7. The van der Waals surface area contributed by atoms with Gasteiger partial charge in [-0.05, 0) is 32.9 Å². The van der Waals surface area contributed by atoms with Gasteiger partial charge in [0.2, 0.25) is 5.43 Å². The van der Waals surface area contributed by atoms with Crippen molar-refractivity contribution in [1.82, 2.24) is 0 Å². The van der Waals surface area contributed by atoms with Gasteiger partial charge in [-0.1, -0.05) is 12.1 Å². The van der Waals surface area contributed by atoms with Gasteiger partial charge in [-0.3, -0.25) is 9.59 Å². The minimum absolute atomic E-state index is 0.171. The molecule has 0 aliphatic carbocycles. The number of thiophene rings is 1. The molecule has 0 saturated carbocycles. The molecule has 3 rings (SSSR count). The topological polar surface area (TPSA) is 47.3 Å². The number of hydrogen-bond acceptors (Lipinski definition) is 4. The van der Waals surface area contributed by atoms with E-state index in [4.69, 9.17) is 4.42 Å². The van der Waals surface area contributed by atoms with Crippen LogP contribution in [0.4, 0.5) is 4.39 Å². The second-order valence-electron chi connectivity index (χ2n) is 5.11. The molecule has 1 aromatic carbocycles. The minimum atomic E-state index is -0.468. The first-order valence-corrected chi connectivity index (χ1v) is 7.56. The number of carbonyl (C=O) groups is 1. The van der Waals surface area contributed by atoms with Crippen molar-refractivity contribution < 1.29 is 13.6 Å². The zero-order valence-corrected chi connectivity index (χ0v) is 13.1. The number of ketones is 1. The molecule has 0 aliphatic rings. The van der Waals surface area contributed by atoms with E-state index >= 15 is 0 Å². The van der Waals surface area contributed by atoms with Gasteiger partial charge in [0.25, 0.3) is 0 Å². The molecule has 0 aliphatic heterocycles. The minimum Gasteiger partial charge on any atom is -0.454 e. The Balaban J connectivity index is 2.45. The Morgan fingerprint density at radius 1 is 1.23 bits per heavy atom. The summed E-state index contributed by atoms with van der Waals surface area (Å²) in [4.78, 5) is 25.1. The van der Waals surface area contributed by atoms with Crippen molar-refractivity contribution in [3.05, 3.63) is 56.3 Å². The van der Waals surface area contributed by atoms with Crippen molar-refractivity contribution in [2.75, 3.05) is 0 Å². The van der Waals surface area contributed by atoms with Gasteiger partial charge in [-0.25, -0.2) is 4.39 Å². The van der Waals surface area contributed by atoms with Gasteiger partial charge in [0.05, 0.1) is 11.1 Å². The predicted octanol–water partition coefficient (Wildman–Crippen LogP) is 4.48. The molecular formula is C17H13FO3S. The molecule has 3 nitrogen and oxygen atoms in total. The molecule has 0 atom stereocenters. The molecule has 22 heavy (non-hydrogen) atoms. The molecular weight excluding hydrogens is 303 g/mol. The first-order chi connectivity index (χ1) is 10.4. The number of Topliss-reactive ketones (excluding diaryl/α,β-unsaturated/α-hetero) is 1. The predicted molar refractivity (Wildman–Crippen MR) is 85.2 cm³/mol. The molecule has 0 amide bonds. The van der Waals surface area contributed by atoms with Crippen molar-refractivity contribution in [3.63, 3.8) is 0 Å². The molecule has 5 heteroatoms. The van der Waals surface area contributed by atoms with E-state index in [9.17, 15) is 14.0 Å². The van der Waals surface area contributed by atoms with E-state index in [-0.39, 0.29) is 28.1 Å². The number of benzene rings is 1. The summed E-state index contributed by atoms with van der Waals surface area (Å²) in [6.07, 6.45) is 0. The molecule has 0 radical (unpaired) electrons. The van der Waals surface area contributed by atoms with E-state index in [1.165, 1.54) is 24.3 Å². The SMILES string of the molecule is CC(=O)c1c(C)sc2c(=O)c(C)c(-c3ccccc3F)oc12. The zero-order chi connectivity index (χ0) is 16.0. The molecule has 112 valence electrons. The van der Waals surface area contributed by atoms with Crippen LogP contribution >= 0.6 is 11.3 Å². The summed E-state index contributed by atoms with van der Waals surface area (Å²) in [5, 5.41) is 0. The molecule has 2 aromatic heterocycles. The monoisotopic (exact) mass is 316 g/mol. The first-order valence-electron chi connectivity index (χ1n) is 6.74. The summed E-state index contributed by atoms with van der Waals surface area (Å²) in [5.74, 6) is -0.462. The number of rotatable bonds is 2. The molecule has 2 heterocycles. The maximum absolute atomic E-state index is 14.0. The lowest BCUT2D eigenvalue weighted by Crippen LogP contribution is -2.06. The van der Waals surface area contributed by atoms with Gasteiger partial charge >= 0.3 is 0 Å². The molecule has 0 bridgehead atoms. The quantitative estimate of drug-likeness (QED) is 0.655. The zero-order valence-electron chi connectivity index (χ0n) is 12.3. The Kier molecular flexibility index (Phi) is 3.45. The fourth-order valence-electron chi connectivity index (χ4n) is 2.53. The van der Waals surface area contributed by atoms with E-state index in [0.29, 0.717) is 15.8 Å². The van der Waals surface area contributed by atoms with Gasteiger partial charge in [-0.15, -0.1) is 11.3 Å². The van der Waals surface area contributed by atoms with E-state index in [1.54, 1.807) is 32.0 Å². The van der Waals surface area contributed by atoms with Crippen molar-refractivity contribution in [2.45, 2.75) is 20.8 Å². The average Bonchev–Trinajstić information content (AvgIpc) is 2.80. The molecule has 0 N–H and O–H groups in total. The Morgan fingerprint density at radius 2 is 1.91 bits per heavy atom. The third-order valence-electron chi connectivity index (χ3n) is 3.60. The van der Waals surface area contributed by atoms with Crippen molar-refractivity contribution >= 4 is 27.4 Å². The summed E-state index contributed by atoms with van der Waals surface area (Å²) in [6.45, 7) is 4.81. The van der Waals surface area contributed by atoms with Crippen molar-refractivity contribution in [1.29, 1.82) is 0 Å². The standard InChI is InChI=1S/C17H13FO3S/c1-8-14(20)17-16(13(9(2)19)10(3)22-17)21-15(8)11-6-4-5-7-12(11)18/h4-7H,1-3H3. The van der Waals surface area contributed by atoms with Crippen LogP contribution in [0.1, 0.15) is 27.7 Å². The number of carbonyl (C=O) groups excluding carboxylic acids is 1. The van der Waals surface area contributed by atoms with Crippen LogP contribution < -0.4 is 5.43 Å². The highest BCUT2D eigenvalue weighted by Crippen LogP contribution is 2.34. The maximum atomic E-state index is 14.0. The third-order valence-corrected chi connectivity index (χ3v) is 4.69. The number of fused-ring (bicyclic) bond motifs is 1. The van der Waals surface area contributed by atoms with Crippen molar-refractivity contribution in [3.8, 4) is 11.3 Å². The molecule has 0 fully saturated rings. The fourth-order valence-corrected chi connectivity index (χ4v) is 3.66. The van der Waals surface area contributed by atoms with Crippen LogP contribution in [0.25, 0.3) is 21.6 Å². The largest absolute Gasteiger partial charge is 0.454 e. The lowest BCUT2D eigenvalue weighted by Gasteiger charge is -2.06. The van der Waals surface area contributed by atoms with E-state index in [1.807, 2.05) is 0 Å². The second kappa shape index (κ2) is 5.18. The third kappa shape index (κ3) is 2.09. The Bertz CT molecular complexity index is 966. The van der Waals surface area contributed by atoms with Crippen LogP contribution in [0.2, 0.25) is 0 Å². The van der Waals surface area contributed by atoms with Gasteiger partial charge < -0.3 is 4.42 Å². The molecule has 3 aromatic rings. The lowest BCUT2D eigenvalue weighted by molar-refractivity contribution is 0.101. The van der Waals surface area contributed by atoms with Gasteiger partial charge in [0, 0.05) is 10.4 Å². The Labute approximate surface area is 130 Å². The van der Waals surface area contributed by atoms with Crippen LogP contribution in [-0.2, 0) is 0 Å². The lowest BCUT2D eigenvalue weighted by atomic mass is 10.1. The second-order valence-corrected chi connectivity index (χ2v) is 6.34. The van der Waals surface area contributed by atoms with E-state index in [0.717, 1.165) is 4.88 Å². The number of halogens is 1. The van der Waals surface area contributed by atoms with E-state index in [2.05, 4.69) is 0 Å². The summed E-state index contributed by atoms with van der Waals surface area (Å²) < 4.78 is 20.2. The van der Waals surface area contributed by atoms with Crippen LogP contribution in [0, 0.1) is 19.7 Å². The highest BCUT2D eigenvalue weighted by molar-refractivity contribution is 7.19. The number of hydrogen-bond donors (Lipinski definition) is 0. The smallest absolute Gasteiger partial charge is 0.206 e. The molecule has 0 saturated heterocycles. The molecule has 0 spiro atoms. The van der Waals surface area contributed by atoms with Gasteiger partial charge in [0.15, 0.2) is 11.4 Å². The highest BCUT2D eigenvalue weighted by atomic mass is 32.1. The summed E-state index contributed by atoms with van der Waals surface area (Å²) >= 11 is 1.24. The molecule has 0 unspecified atom stereocenters. The summed E-state index contributed by atoms with van der Waals surface area (Å²) in [7, 11) is 0. The Morgan fingerprint density at radius 3 is 2.55 bits per heavy atom. The maximum Gasteiger partial charge on any atom is 0.206 e. The van der Waals surface area contributed by atoms with E-state index < -0.39 is 5.82 Å². The number of aryl methyl sites for hydroxylation is 1. The summed E-state index contributed by atoms with van der Waals surface area (Å²) in [5.41, 5.74) is 0.991. The average molecular weight is 316 g/mol. The fraction of sp³-hybridized carbons (Fsp3) is 0.176. The van der Waals surface area contributed by atoms with Crippen LogP contribution in [0.5, 0.6) is 0 Å². The van der Waals surface area contributed by atoms with Crippen LogP contribution in [0.15, 0.2) is 33.5 Å². The van der Waals surface area contributed by atoms with Gasteiger partial charge in [-0.2, -0.15) is 0 Å². The Hall–Kier alpha value is -2.27. The highest BCUT2D eigenvalue weighted by Gasteiger charge is 2.22. The normalized spacial score (nSPS) is 11.1.